The van der Waals surface area contributed by atoms with E-state index in [4.69, 9.17) is 11.6 Å². The number of carbonyl (C=O) groups is 1. The molecule has 1 aromatic heterocycles. The fraction of sp³-hybridized carbons (Fsp3) is 0.308. The molecule has 0 spiro atoms. The number of nitrogens with zero attached hydrogens (tertiary/aromatic N) is 2. The van der Waals surface area contributed by atoms with Crippen molar-refractivity contribution in [2.45, 2.75) is 12.2 Å². The van der Waals surface area contributed by atoms with E-state index in [2.05, 4.69) is 25.8 Å². The summed E-state index contributed by atoms with van der Waals surface area (Å²) >= 11 is 7.77. The van der Waals surface area contributed by atoms with Crippen LogP contribution in [0.25, 0.3) is 0 Å². The summed E-state index contributed by atoms with van der Waals surface area (Å²) in [5.41, 5.74) is 1.73. The van der Waals surface area contributed by atoms with Crippen molar-refractivity contribution in [1.29, 1.82) is 0 Å². The van der Waals surface area contributed by atoms with Gasteiger partial charge in [0.2, 0.25) is 0 Å². The largest absolute Gasteiger partial charge is 0.337 e. The number of halogens is 1. The highest BCUT2D eigenvalue weighted by Gasteiger charge is 2.05. The number of hydrogen-bond acceptors (Lipinski definition) is 4. The van der Waals surface area contributed by atoms with E-state index in [9.17, 15) is 4.79 Å². The van der Waals surface area contributed by atoms with Gasteiger partial charge in [-0.2, -0.15) is 16.9 Å². The average molecular weight is 326 g/mol. The van der Waals surface area contributed by atoms with Crippen molar-refractivity contribution < 1.29 is 4.79 Å². The normalized spacial score (nSPS) is 10.4. The second kappa shape index (κ2) is 7.90. The van der Waals surface area contributed by atoms with Gasteiger partial charge in [-0.25, -0.2) is 9.78 Å². The minimum Gasteiger partial charge on any atom is -0.337 e. The van der Waals surface area contributed by atoms with E-state index in [-0.39, 0.29) is 6.03 Å². The van der Waals surface area contributed by atoms with Gasteiger partial charge >= 0.3 is 6.03 Å². The van der Waals surface area contributed by atoms with Crippen LogP contribution < -0.4 is 10.6 Å². The molecule has 0 aliphatic heterocycles. The zero-order valence-electron chi connectivity index (χ0n) is 11.5. The van der Waals surface area contributed by atoms with Crippen LogP contribution >= 0.6 is 23.4 Å². The van der Waals surface area contributed by atoms with Crippen molar-refractivity contribution >= 4 is 35.1 Å². The van der Waals surface area contributed by atoms with Crippen LogP contribution in [0.3, 0.4) is 0 Å². The second-order valence-corrected chi connectivity index (χ2v) is 5.58. The highest BCUT2D eigenvalue weighted by Crippen LogP contribution is 2.23. The third kappa shape index (κ3) is 4.95. The Morgan fingerprint density at radius 1 is 1.48 bits per heavy atom. The molecule has 0 fully saturated rings. The molecule has 2 rings (SSSR count). The summed E-state index contributed by atoms with van der Waals surface area (Å²) in [6.07, 6.45) is 4.05. The Labute approximate surface area is 132 Å². The van der Waals surface area contributed by atoms with Crippen molar-refractivity contribution in [3.63, 3.8) is 0 Å². The molecule has 0 aliphatic carbocycles. The summed E-state index contributed by atoms with van der Waals surface area (Å²) < 4.78 is 0. The molecule has 0 saturated heterocycles. The smallest absolute Gasteiger partial charge is 0.319 e. The first-order valence-corrected chi connectivity index (χ1v) is 8.12. The van der Waals surface area contributed by atoms with Gasteiger partial charge in [-0.15, -0.1) is 0 Å². The third-order valence-corrected chi connectivity index (χ3v) is 3.68. The number of rotatable bonds is 6. The fourth-order valence-corrected chi connectivity index (χ4v) is 2.55. The van der Waals surface area contributed by atoms with Gasteiger partial charge in [0.1, 0.15) is 12.2 Å². The predicted molar refractivity (Wildman–Crippen MR) is 85.8 cm³/mol. The zero-order chi connectivity index (χ0) is 15.1. The van der Waals surface area contributed by atoms with Crippen molar-refractivity contribution in [3.05, 3.63) is 40.9 Å². The SMILES string of the molecule is CSCc1cc(NC(=O)NCCc2ncn[nH]2)ccc1Cl. The molecule has 112 valence electrons. The maximum Gasteiger partial charge on any atom is 0.319 e. The second-order valence-electron chi connectivity index (χ2n) is 4.30. The number of thioether (sulfide) groups is 1. The first-order chi connectivity index (χ1) is 10.2. The number of nitrogens with one attached hydrogen (secondary N) is 3. The lowest BCUT2D eigenvalue weighted by Gasteiger charge is -2.09. The van der Waals surface area contributed by atoms with Gasteiger partial charge in [0.15, 0.2) is 0 Å². The number of H-pyrrole nitrogens is 1. The minimum atomic E-state index is -0.257. The van der Waals surface area contributed by atoms with E-state index < -0.39 is 0 Å². The molecule has 0 bridgehead atoms. The number of amides is 2. The van der Waals surface area contributed by atoms with Crippen LogP contribution in [0.1, 0.15) is 11.4 Å². The highest BCUT2D eigenvalue weighted by atomic mass is 35.5. The van der Waals surface area contributed by atoms with E-state index in [0.29, 0.717) is 18.0 Å². The van der Waals surface area contributed by atoms with Crippen LogP contribution in [-0.4, -0.2) is 34.0 Å². The van der Waals surface area contributed by atoms with Gasteiger partial charge in [0.25, 0.3) is 0 Å². The van der Waals surface area contributed by atoms with Crippen LogP contribution in [0.15, 0.2) is 24.5 Å². The Morgan fingerprint density at radius 2 is 2.33 bits per heavy atom. The van der Waals surface area contributed by atoms with Crippen molar-refractivity contribution in [3.8, 4) is 0 Å². The molecule has 21 heavy (non-hydrogen) atoms. The monoisotopic (exact) mass is 325 g/mol. The topological polar surface area (TPSA) is 82.7 Å². The number of anilines is 1. The summed E-state index contributed by atoms with van der Waals surface area (Å²) in [4.78, 5) is 15.8. The van der Waals surface area contributed by atoms with Crippen molar-refractivity contribution in [2.24, 2.45) is 0 Å². The average Bonchev–Trinajstić information content (AvgIpc) is 2.96. The first-order valence-electron chi connectivity index (χ1n) is 6.35. The van der Waals surface area contributed by atoms with Gasteiger partial charge in [-0.3, -0.25) is 5.10 Å². The highest BCUT2D eigenvalue weighted by molar-refractivity contribution is 7.97. The summed E-state index contributed by atoms with van der Waals surface area (Å²) in [5, 5.41) is 12.7. The van der Waals surface area contributed by atoms with Gasteiger partial charge in [-0.05, 0) is 30.0 Å². The standard InChI is InChI=1S/C13H16ClN5OS/c1-21-7-9-6-10(2-3-11(9)14)18-13(20)15-5-4-12-16-8-17-19-12/h2-3,6,8H,4-5,7H2,1H3,(H2,15,18,20)(H,16,17,19). The summed E-state index contributed by atoms with van der Waals surface area (Å²) in [5.74, 6) is 1.55. The molecular formula is C13H16ClN5OS. The van der Waals surface area contributed by atoms with E-state index in [0.717, 1.165) is 22.8 Å². The van der Waals surface area contributed by atoms with E-state index >= 15 is 0 Å². The number of aromatic nitrogens is 3. The van der Waals surface area contributed by atoms with Crippen LogP contribution in [0.2, 0.25) is 5.02 Å². The first kappa shape index (κ1) is 15.7. The Kier molecular flexibility index (Phi) is 5.89. The molecule has 1 heterocycles. The van der Waals surface area contributed by atoms with Crippen LogP contribution in [0.5, 0.6) is 0 Å². The lowest BCUT2D eigenvalue weighted by atomic mass is 10.2. The third-order valence-electron chi connectivity index (χ3n) is 2.72. The molecular weight excluding hydrogens is 310 g/mol. The molecule has 2 aromatic rings. The molecule has 2 amide bonds. The summed E-state index contributed by atoms with van der Waals surface area (Å²) in [7, 11) is 0. The molecule has 3 N–H and O–H groups in total. The lowest BCUT2D eigenvalue weighted by molar-refractivity contribution is 0.252. The maximum atomic E-state index is 11.8. The molecule has 6 nitrogen and oxygen atoms in total. The van der Waals surface area contributed by atoms with Gasteiger partial charge in [0.05, 0.1) is 0 Å². The van der Waals surface area contributed by atoms with Gasteiger partial charge < -0.3 is 10.6 Å². The van der Waals surface area contributed by atoms with E-state index in [1.807, 2.05) is 12.3 Å². The van der Waals surface area contributed by atoms with Crippen molar-refractivity contribution in [1.82, 2.24) is 20.5 Å². The lowest BCUT2D eigenvalue weighted by Crippen LogP contribution is -2.30. The Bertz CT molecular complexity index is 590. The van der Waals surface area contributed by atoms with Crippen LogP contribution in [-0.2, 0) is 12.2 Å². The van der Waals surface area contributed by atoms with Gasteiger partial charge in [0, 0.05) is 29.4 Å². The molecule has 0 unspecified atom stereocenters. The Hall–Kier alpha value is -1.73. The summed E-state index contributed by atoms with van der Waals surface area (Å²) in [6.45, 7) is 0.478. The van der Waals surface area contributed by atoms with Crippen molar-refractivity contribution in [2.75, 3.05) is 18.1 Å². The molecule has 8 heteroatoms. The number of urea groups is 1. The number of benzene rings is 1. The van der Waals surface area contributed by atoms with E-state index in [1.54, 1.807) is 23.9 Å². The van der Waals surface area contributed by atoms with Crippen LogP contribution in [0, 0.1) is 0 Å². The minimum absolute atomic E-state index is 0.257. The molecule has 0 aliphatic rings. The Balaban J connectivity index is 1.83. The predicted octanol–water partition coefficient (Wildman–Crippen LogP) is 2.69. The molecule has 0 radical (unpaired) electrons. The van der Waals surface area contributed by atoms with E-state index in [1.165, 1.54) is 6.33 Å². The molecule has 0 saturated carbocycles. The number of hydrogen-bond donors (Lipinski definition) is 3. The van der Waals surface area contributed by atoms with Crippen LogP contribution in [0.4, 0.5) is 10.5 Å². The fourth-order valence-electron chi connectivity index (χ4n) is 1.74. The molecule has 0 atom stereocenters. The Morgan fingerprint density at radius 3 is 3.05 bits per heavy atom. The quantitative estimate of drug-likeness (QED) is 0.762. The maximum absolute atomic E-state index is 11.8. The van der Waals surface area contributed by atoms with Gasteiger partial charge in [-0.1, -0.05) is 11.6 Å². The molecule has 1 aromatic carbocycles. The number of carbonyl (C=O) groups excluding carboxylic acids is 1. The summed E-state index contributed by atoms with van der Waals surface area (Å²) in [6, 6.07) is 5.20. The zero-order valence-corrected chi connectivity index (χ0v) is 13.1. The number of aromatic amines is 1.